The van der Waals surface area contributed by atoms with Crippen molar-refractivity contribution in [2.24, 2.45) is 0 Å². The zero-order valence-corrected chi connectivity index (χ0v) is 15.8. The minimum Gasteiger partial charge on any atom is -0.454 e. The average Bonchev–Trinajstić information content (AvgIpc) is 2.32. The van der Waals surface area contributed by atoms with E-state index in [1.54, 1.807) is 27.7 Å². The maximum atomic E-state index is 11.9. The van der Waals surface area contributed by atoms with Gasteiger partial charge in [0.25, 0.3) is 12.6 Å². The Morgan fingerprint density at radius 3 is 1.52 bits per heavy atom. The van der Waals surface area contributed by atoms with E-state index in [-0.39, 0.29) is 33.9 Å². The van der Waals surface area contributed by atoms with Gasteiger partial charge in [0.15, 0.2) is 6.61 Å². The van der Waals surface area contributed by atoms with Crippen molar-refractivity contribution in [2.45, 2.75) is 66.3 Å². The molecule has 0 rings (SSSR count). The topological polar surface area (TPSA) is 97.4 Å². The van der Waals surface area contributed by atoms with Gasteiger partial charge in [0.05, 0.1) is 12.2 Å². The molecule has 23 heavy (non-hydrogen) atoms. The van der Waals surface area contributed by atoms with E-state index < -0.39 is 37.1 Å². The summed E-state index contributed by atoms with van der Waals surface area (Å²) in [5, 5.41) is 0. The van der Waals surface area contributed by atoms with Crippen molar-refractivity contribution in [3.63, 3.8) is 0 Å². The predicted molar refractivity (Wildman–Crippen MR) is 74.5 cm³/mol. The van der Waals surface area contributed by atoms with E-state index in [0.717, 1.165) is 13.8 Å². The molecule has 0 unspecified atom stereocenters. The molecule has 0 radical (unpaired) electrons. The Morgan fingerprint density at radius 2 is 1.22 bits per heavy atom. The molecule has 0 aliphatic carbocycles. The van der Waals surface area contributed by atoms with Crippen LogP contribution < -0.4 is 0 Å². The standard InChI is InChI=1S/C14H24O8.Ti/c1-8(2)19-14(20-9(3)4)13(17)18-7-12(21-10(5)15)22-11(6)16;/h8-9,12,14H,7H2,1-6H3;. The van der Waals surface area contributed by atoms with E-state index in [1.165, 1.54) is 0 Å². The molecule has 0 bridgehead atoms. The maximum absolute atomic E-state index is 11.9. The zero-order valence-electron chi connectivity index (χ0n) is 14.3. The van der Waals surface area contributed by atoms with Gasteiger partial charge in [0, 0.05) is 35.6 Å². The summed E-state index contributed by atoms with van der Waals surface area (Å²) in [4.78, 5) is 33.7. The molecule has 0 aliphatic rings. The first-order valence-corrected chi connectivity index (χ1v) is 6.93. The van der Waals surface area contributed by atoms with Gasteiger partial charge in [0.2, 0.25) is 0 Å². The third-order valence-electron chi connectivity index (χ3n) is 1.94. The Morgan fingerprint density at radius 1 is 0.826 bits per heavy atom. The summed E-state index contributed by atoms with van der Waals surface area (Å²) in [6.07, 6.45) is -3.03. The number of hydrogen-bond acceptors (Lipinski definition) is 8. The second kappa shape index (κ2) is 12.5. The molecule has 0 atom stereocenters. The van der Waals surface area contributed by atoms with Crippen molar-refractivity contribution in [1.82, 2.24) is 0 Å². The predicted octanol–water partition coefficient (Wildman–Crippen LogP) is 1.16. The van der Waals surface area contributed by atoms with E-state index in [2.05, 4.69) is 0 Å². The Labute approximate surface area is 151 Å². The summed E-state index contributed by atoms with van der Waals surface area (Å²) in [5.74, 6) is -2.14. The molecule has 0 heterocycles. The molecule has 132 valence electrons. The van der Waals surface area contributed by atoms with Crippen molar-refractivity contribution in [2.75, 3.05) is 6.61 Å². The van der Waals surface area contributed by atoms with Gasteiger partial charge in [-0.3, -0.25) is 9.59 Å². The molecule has 0 aromatic carbocycles. The second-order valence-corrected chi connectivity index (χ2v) is 4.98. The third-order valence-corrected chi connectivity index (χ3v) is 1.94. The largest absolute Gasteiger partial charge is 0.454 e. The summed E-state index contributed by atoms with van der Waals surface area (Å²) < 4.78 is 25.0. The van der Waals surface area contributed by atoms with E-state index >= 15 is 0 Å². The molecule has 0 aromatic rings. The number of carbonyl (C=O) groups excluding carboxylic acids is 3. The smallest absolute Gasteiger partial charge is 0.363 e. The fraction of sp³-hybridized carbons (Fsp3) is 0.786. The van der Waals surface area contributed by atoms with E-state index in [1.807, 2.05) is 0 Å². The molecule has 0 saturated heterocycles. The van der Waals surface area contributed by atoms with Gasteiger partial charge in [-0.25, -0.2) is 4.79 Å². The zero-order chi connectivity index (χ0) is 17.3. The second-order valence-electron chi connectivity index (χ2n) is 4.98. The summed E-state index contributed by atoms with van der Waals surface area (Å²) >= 11 is 0. The number of esters is 3. The molecular weight excluding hydrogens is 344 g/mol. The summed E-state index contributed by atoms with van der Waals surface area (Å²) in [6.45, 7) is 8.80. The fourth-order valence-corrected chi connectivity index (χ4v) is 1.32. The van der Waals surface area contributed by atoms with Gasteiger partial charge in [-0.15, -0.1) is 0 Å². The molecular formula is C14H24O8Ti. The number of carbonyl (C=O) groups is 3. The minimum atomic E-state index is -1.31. The van der Waals surface area contributed by atoms with Gasteiger partial charge in [-0.2, -0.15) is 0 Å². The van der Waals surface area contributed by atoms with Gasteiger partial charge < -0.3 is 23.7 Å². The van der Waals surface area contributed by atoms with Crippen molar-refractivity contribution >= 4 is 17.9 Å². The van der Waals surface area contributed by atoms with Crippen LogP contribution in [0.3, 0.4) is 0 Å². The van der Waals surface area contributed by atoms with Crippen LogP contribution in [0.1, 0.15) is 41.5 Å². The van der Waals surface area contributed by atoms with Gasteiger partial charge in [0.1, 0.15) is 0 Å². The maximum Gasteiger partial charge on any atom is 0.363 e. The molecule has 0 amide bonds. The monoisotopic (exact) mass is 368 g/mol. The molecule has 0 saturated carbocycles. The summed E-state index contributed by atoms with van der Waals surface area (Å²) in [5.41, 5.74) is 0. The van der Waals surface area contributed by atoms with Crippen LogP contribution in [-0.4, -0.2) is 49.3 Å². The minimum absolute atomic E-state index is 0. The first-order chi connectivity index (χ1) is 10.1. The Hall–Kier alpha value is -0.956. The van der Waals surface area contributed by atoms with Gasteiger partial charge in [-0.05, 0) is 27.7 Å². The first kappa shape index (κ1) is 24.3. The molecule has 9 heteroatoms. The Bertz CT molecular complexity index is 357. The number of ether oxygens (including phenoxy) is 5. The van der Waals surface area contributed by atoms with E-state index in [9.17, 15) is 14.4 Å². The van der Waals surface area contributed by atoms with Crippen LogP contribution in [0.15, 0.2) is 0 Å². The van der Waals surface area contributed by atoms with Crippen LogP contribution >= 0.6 is 0 Å². The van der Waals surface area contributed by atoms with Gasteiger partial charge in [-0.1, -0.05) is 0 Å². The Kier molecular flexibility index (Phi) is 13.2. The van der Waals surface area contributed by atoms with Crippen LogP contribution in [0.25, 0.3) is 0 Å². The van der Waals surface area contributed by atoms with Crippen LogP contribution in [0, 0.1) is 0 Å². The average molecular weight is 368 g/mol. The van der Waals surface area contributed by atoms with E-state index in [0.29, 0.717) is 0 Å². The molecule has 0 spiro atoms. The quantitative estimate of drug-likeness (QED) is 0.340. The van der Waals surface area contributed by atoms with Crippen molar-refractivity contribution in [3.05, 3.63) is 0 Å². The molecule has 0 fully saturated rings. The molecule has 8 nitrogen and oxygen atoms in total. The normalized spacial score (nSPS) is 10.7. The molecule has 0 aliphatic heterocycles. The SMILES string of the molecule is CC(=O)OC(COC(=O)C(OC(C)C)OC(C)C)OC(C)=O.[Ti]. The number of hydrogen-bond donors (Lipinski definition) is 0. The van der Waals surface area contributed by atoms with Crippen LogP contribution in [0.2, 0.25) is 0 Å². The number of rotatable bonds is 9. The van der Waals surface area contributed by atoms with Crippen LogP contribution in [0.5, 0.6) is 0 Å². The van der Waals surface area contributed by atoms with Crippen LogP contribution in [-0.2, 0) is 59.8 Å². The van der Waals surface area contributed by atoms with Gasteiger partial charge >= 0.3 is 17.9 Å². The van der Waals surface area contributed by atoms with Crippen LogP contribution in [0.4, 0.5) is 0 Å². The summed E-state index contributed by atoms with van der Waals surface area (Å²) in [7, 11) is 0. The summed E-state index contributed by atoms with van der Waals surface area (Å²) in [6, 6.07) is 0. The third kappa shape index (κ3) is 13.2. The van der Waals surface area contributed by atoms with Crippen molar-refractivity contribution in [3.8, 4) is 0 Å². The van der Waals surface area contributed by atoms with Crippen molar-refractivity contribution < 1.29 is 59.8 Å². The fourth-order valence-electron chi connectivity index (χ4n) is 1.32. The van der Waals surface area contributed by atoms with Crippen molar-refractivity contribution in [1.29, 1.82) is 0 Å². The molecule has 0 aromatic heterocycles. The Balaban J connectivity index is 0. The van der Waals surface area contributed by atoms with E-state index in [4.69, 9.17) is 23.7 Å². The first-order valence-electron chi connectivity index (χ1n) is 6.93. The molecule has 0 N–H and O–H groups in total.